The largest absolute Gasteiger partial charge is 0.451 e. The molecule has 0 saturated heterocycles. The van der Waals surface area contributed by atoms with Gasteiger partial charge in [0, 0.05) is 22.7 Å². The van der Waals surface area contributed by atoms with Crippen molar-refractivity contribution >= 4 is 17.2 Å². The number of nitrogens with one attached hydrogen (secondary N) is 1. The molecule has 3 rings (SSSR count). The molecule has 0 unspecified atom stereocenters. The van der Waals surface area contributed by atoms with E-state index in [0.29, 0.717) is 17.2 Å². The van der Waals surface area contributed by atoms with Gasteiger partial charge >= 0.3 is 0 Å². The Balaban J connectivity index is 2.05. The normalized spacial score (nSPS) is 11.3. The van der Waals surface area contributed by atoms with Gasteiger partial charge in [-0.1, -0.05) is 69.3 Å². The zero-order valence-corrected chi connectivity index (χ0v) is 14.2. The Kier molecular flexibility index (Phi) is 4.26. The standard InChI is InChI=1S/C21H21NO2/c1-21(2,3)20(23)19-17(22-16-12-8-5-9-13-16)14-18(24-19)15-10-6-4-7-11-15/h4-14,22H,1-3H3. The predicted octanol–water partition coefficient (Wildman–Crippen LogP) is 5.92. The zero-order valence-electron chi connectivity index (χ0n) is 14.2. The van der Waals surface area contributed by atoms with Crippen LogP contribution < -0.4 is 5.32 Å². The van der Waals surface area contributed by atoms with Gasteiger partial charge < -0.3 is 9.73 Å². The van der Waals surface area contributed by atoms with Gasteiger partial charge in [-0.05, 0) is 12.1 Å². The maximum absolute atomic E-state index is 12.8. The van der Waals surface area contributed by atoms with Crippen LogP contribution in [0.5, 0.6) is 0 Å². The molecule has 0 atom stereocenters. The van der Waals surface area contributed by atoms with Crippen molar-refractivity contribution < 1.29 is 9.21 Å². The third-order valence-electron chi connectivity index (χ3n) is 3.73. The number of carbonyl (C=O) groups excluding carboxylic acids is 1. The Morgan fingerprint density at radius 2 is 1.50 bits per heavy atom. The summed E-state index contributed by atoms with van der Waals surface area (Å²) in [7, 11) is 0. The molecule has 3 nitrogen and oxygen atoms in total. The highest BCUT2D eigenvalue weighted by atomic mass is 16.3. The van der Waals surface area contributed by atoms with E-state index in [9.17, 15) is 4.79 Å². The third-order valence-corrected chi connectivity index (χ3v) is 3.73. The first-order valence-corrected chi connectivity index (χ1v) is 8.01. The Morgan fingerprint density at radius 1 is 0.917 bits per heavy atom. The van der Waals surface area contributed by atoms with Crippen LogP contribution >= 0.6 is 0 Å². The second-order valence-electron chi connectivity index (χ2n) is 6.79. The Bertz CT molecular complexity index is 827. The summed E-state index contributed by atoms with van der Waals surface area (Å²) in [6, 6.07) is 21.5. The van der Waals surface area contributed by atoms with E-state index in [2.05, 4.69) is 5.32 Å². The molecule has 3 heteroatoms. The topological polar surface area (TPSA) is 42.2 Å². The number of hydrogen-bond acceptors (Lipinski definition) is 3. The number of furan rings is 1. The molecule has 2 aromatic carbocycles. The van der Waals surface area contributed by atoms with E-state index in [1.807, 2.05) is 87.5 Å². The summed E-state index contributed by atoms with van der Waals surface area (Å²) < 4.78 is 5.95. The quantitative estimate of drug-likeness (QED) is 0.607. The van der Waals surface area contributed by atoms with Gasteiger partial charge in [-0.2, -0.15) is 0 Å². The van der Waals surface area contributed by atoms with Gasteiger partial charge in [0.05, 0.1) is 5.69 Å². The Morgan fingerprint density at radius 3 is 2.08 bits per heavy atom. The van der Waals surface area contributed by atoms with E-state index in [1.165, 1.54) is 0 Å². The van der Waals surface area contributed by atoms with Crippen LogP contribution in [0.4, 0.5) is 11.4 Å². The lowest BCUT2D eigenvalue weighted by Gasteiger charge is -2.16. The summed E-state index contributed by atoms with van der Waals surface area (Å²) in [5.41, 5.74) is 2.04. The van der Waals surface area contributed by atoms with E-state index in [0.717, 1.165) is 11.3 Å². The molecule has 24 heavy (non-hydrogen) atoms. The molecule has 1 aromatic heterocycles. The van der Waals surface area contributed by atoms with E-state index >= 15 is 0 Å². The van der Waals surface area contributed by atoms with Crippen molar-refractivity contribution in [2.45, 2.75) is 20.8 Å². The monoisotopic (exact) mass is 319 g/mol. The van der Waals surface area contributed by atoms with Crippen LogP contribution in [0.25, 0.3) is 11.3 Å². The van der Waals surface area contributed by atoms with Crippen LogP contribution in [0.3, 0.4) is 0 Å². The maximum atomic E-state index is 12.8. The first kappa shape index (κ1) is 16.1. The molecule has 0 aliphatic heterocycles. The van der Waals surface area contributed by atoms with Gasteiger partial charge in [0.25, 0.3) is 0 Å². The third kappa shape index (κ3) is 3.40. The van der Waals surface area contributed by atoms with Crippen LogP contribution in [-0.2, 0) is 0 Å². The van der Waals surface area contributed by atoms with Crippen LogP contribution in [0.2, 0.25) is 0 Å². The number of Topliss-reactive ketones (excluding diaryl/α,β-unsaturated/α-hetero) is 1. The molecule has 0 saturated carbocycles. The number of anilines is 2. The molecule has 0 bridgehead atoms. The number of carbonyl (C=O) groups is 1. The average Bonchev–Trinajstić information content (AvgIpc) is 2.98. The second-order valence-corrected chi connectivity index (χ2v) is 6.79. The first-order valence-electron chi connectivity index (χ1n) is 8.01. The number of ketones is 1. The van der Waals surface area contributed by atoms with Crippen molar-refractivity contribution in [3.8, 4) is 11.3 Å². The zero-order chi connectivity index (χ0) is 17.2. The van der Waals surface area contributed by atoms with E-state index in [-0.39, 0.29) is 5.78 Å². The molecular formula is C21H21NO2. The van der Waals surface area contributed by atoms with Gasteiger partial charge in [0.2, 0.25) is 5.78 Å². The highest BCUT2D eigenvalue weighted by molar-refractivity contribution is 6.03. The van der Waals surface area contributed by atoms with Crippen molar-refractivity contribution in [1.29, 1.82) is 0 Å². The first-order chi connectivity index (χ1) is 11.4. The molecule has 0 spiro atoms. The summed E-state index contributed by atoms with van der Waals surface area (Å²) in [5.74, 6) is 1.02. The van der Waals surface area contributed by atoms with Crippen molar-refractivity contribution in [2.24, 2.45) is 5.41 Å². The fourth-order valence-electron chi connectivity index (χ4n) is 2.41. The van der Waals surface area contributed by atoms with E-state index in [1.54, 1.807) is 0 Å². The molecule has 0 fully saturated rings. The summed E-state index contributed by atoms with van der Waals surface area (Å²) in [4.78, 5) is 12.8. The minimum atomic E-state index is -0.515. The summed E-state index contributed by atoms with van der Waals surface area (Å²) in [6.45, 7) is 5.69. The lowest BCUT2D eigenvalue weighted by molar-refractivity contribution is 0.0830. The van der Waals surface area contributed by atoms with Crippen molar-refractivity contribution in [1.82, 2.24) is 0 Å². The molecule has 122 valence electrons. The Labute approximate surface area is 142 Å². The van der Waals surface area contributed by atoms with Gasteiger partial charge in [-0.3, -0.25) is 4.79 Å². The molecule has 1 heterocycles. The maximum Gasteiger partial charge on any atom is 0.205 e. The van der Waals surface area contributed by atoms with Gasteiger partial charge in [0.15, 0.2) is 5.76 Å². The van der Waals surface area contributed by atoms with Crippen molar-refractivity contribution in [3.05, 3.63) is 72.5 Å². The van der Waals surface area contributed by atoms with E-state index in [4.69, 9.17) is 4.42 Å². The van der Waals surface area contributed by atoms with Crippen LogP contribution in [0.1, 0.15) is 31.3 Å². The van der Waals surface area contributed by atoms with Gasteiger partial charge in [-0.25, -0.2) is 0 Å². The average molecular weight is 319 g/mol. The summed E-state index contributed by atoms with van der Waals surface area (Å²) >= 11 is 0. The number of rotatable bonds is 4. The van der Waals surface area contributed by atoms with Gasteiger partial charge in [-0.15, -0.1) is 0 Å². The van der Waals surface area contributed by atoms with Crippen LogP contribution in [-0.4, -0.2) is 5.78 Å². The Hall–Kier alpha value is -2.81. The predicted molar refractivity (Wildman–Crippen MR) is 97.7 cm³/mol. The molecule has 1 N–H and O–H groups in total. The smallest absolute Gasteiger partial charge is 0.205 e. The molecule has 0 radical (unpaired) electrons. The van der Waals surface area contributed by atoms with Crippen LogP contribution in [0, 0.1) is 5.41 Å². The lowest BCUT2D eigenvalue weighted by atomic mass is 9.89. The lowest BCUT2D eigenvalue weighted by Crippen LogP contribution is -2.20. The second kappa shape index (κ2) is 6.36. The molecule has 0 aliphatic carbocycles. The minimum absolute atomic E-state index is 0.0249. The number of hydrogen-bond donors (Lipinski definition) is 1. The SMILES string of the molecule is CC(C)(C)C(=O)c1oc(-c2ccccc2)cc1Nc1ccccc1. The molecule has 3 aromatic rings. The molecule has 0 amide bonds. The van der Waals surface area contributed by atoms with Crippen LogP contribution in [0.15, 0.2) is 71.1 Å². The van der Waals surface area contributed by atoms with Crippen molar-refractivity contribution in [2.75, 3.05) is 5.32 Å². The fourth-order valence-corrected chi connectivity index (χ4v) is 2.41. The van der Waals surface area contributed by atoms with E-state index < -0.39 is 5.41 Å². The number of benzene rings is 2. The highest BCUT2D eigenvalue weighted by Gasteiger charge is 2.29. The molecule has 0 aliphatic rings. The van der Waals surface area contributed by atoms with Crippen molar-refractivity contribution in [3.63, 3.8) is 0 Å². The minimum Gasteiger partial charge on any atom is -0.451 e. The fraction of sp³-hybridized carbons (Fsp3) is 0.190. The highest BCUT2D eigenvalue weighted by Crippen LogP contribution is 2.34. The number of para-hydroxylation sites is 1. The summed E-state index contributed by atoms with van der Waals surface area (Å²) in [6.07, 6.45) is 0. The summed E-state index contributed by atoms with van der Waals surface area (Å²) in [5, 5.41) is 3.30. The van der Waals surface area contributed by atoms with Gasteiger partial charge in [0.1, 0.15) is 5.76 Å². The molecular weight excluding hydrogens is 298 g/mol.